The van der Waals surface area contributed by atoms with Crippen LogP contribution in [0.1, 0.15) is 31.2 Å². The lowest BCUT2D eigenvalue weighted by Gasteiger charge is -2.48. The fourth-order valence-corrected chi connectivity index (χ4v) is 4.77. The first-order valence-corrected chi connectivity index (χ1v) is 8.42. The largest absolute Gasteiger partial charge is 0.416 e. The summed E-state index contributed by atoms with van der Waals surface area (Å²) in [5.74, 6) is 0.0583. The number of piperidine rings is 2. The van der Waals surface area contributed by atoms with Crippen LogP contribution in [0.4, 0.5) is 18.9 Å². The van der Waals surface area contributed by atoms with Crippen LogP contribution >= 0.6 is 0 Å². The summed E-state index contributed by atoms with van der Waals surface area (Å²) in [6, 6.07) is 2.28. The Bertz CT molecular complexity index is 880. The van der Waals surface area contributed by atoms with Crippen LogP contribution in [0.25, 0.3) is 10.9 Å². The molecule has 1 aromatic heterocycles. The molecule has 6 heterocycles. The lowest BCUT2D eigenvalue weighted by Crippen LogP contribution is -2.63. The average molecular weight is 350 g/mol. The molecule has 1 saturated carbocycles. The number of anilines is 1. The van der Waals surface area contributed by atoms with Crippen LogP contribution in [0.3, 0.4) is 0 Å². The predicted molar refractivity (Wildman–Crippen MR) is 85.1 cm³/mol. The van der Waals surface area contributed by atoms with Gasteiger partial charge in [0.25, 0.3) is 0 Å². The number of nitrogens with zero attached hydrogens (tertiary/aromatic N) is 2. The van der Waals surface area contributed by atoms with Crippen molar-refractivity contribution in [2.45, 2.75) is 37.4 Å². The molecule has 6 fully saturated rings. The van der Waals surface area contributed by atoms with E-state index in [0.717, 1.165) is 31.7 Å². The van der Waals surface area contributed by atoms with Crippen molar-refractivity contribution < 1.29 is 18.0 Å². The van der Waals surface area contributed by atoms with Gasteiger partial charge in [0.2, 0.25) is 5.91 Å². The van der Waals surface area contributed by atoms with E-state index < -0.39 is 17.2 Å². The molecule has 25 heavy (non-hydrogen) atoms. The molecule has 5 nitrogen and oxygen atoms in total. The molecule has 5 saturated heterocycles. The minimum absolute atomic E-state index is 0.0583. The van der Waals surface area contributed by atoms with Gasteiger partial charge in [-0.1, -0.05) is 0 Å². The normalized spacial score (nSPS) is 31.5. The number of carbonyl (C=O) groups excluding carboxylic acids is 1. The molecular formula is C17H17F3N4O. The Kier molecular flexibility index (Phi) is 2.69. The molecular weight excluding hydrogens is 333 g/mol. The van der Waals surface area contributed by atoms with Crippen LogP contribution in [0.2, 0.25) is 0 Å². The van der Waals surface area contributed by atoms with Gasteiger partial charge in [-0.15, -0.1) is 0 Å². The summed E-state index contributed by atoms with van der Waals surface area (Å²) in [5.41, 5.74) is -0.629. The maximum Gasteiger partial charge on any atom is 0.416 e. The molecule has 1 amide bonds. The summed E-state index contributed by atoms with van der Waals surface area (Å²) in [7, 11) is 0. The van der Waals surface area contributed by atoms with Crippen LogP contribution < -0.4 is 10.2 Å². The number of H-pyrrole nitrogens is 1. The zero-order chi connectivity index (χ0) is 17.4. The lowest BCUT2D eigenvalue weighted by molar-refractivity contribution is -0.140. The van der Waals surface area contributed by atoms with E-state index in [1.165, 1.54) is 6.07 Å². The SMILES string of the molecule is O=C1NC23CCC1(CC2)CN(c1cc(C(F)(F)F)cc2[nH]ncc12)C3. The highest BCUT2D eigenvalue weighted by atomic mass is 19.4. The third-order valence-corrected chi connectivity index (χ3v) is 6.22. The maximum atomic E-state index is 13.3. The van der Waals surface area contributed by atoms with Gasteiger partial charge in [0.05, 0.1) is 28.2 Å². The van der Waals surface area contributed by atoms with E-state index in [1.54, 1.807) is 6.20 Å². The summed E-state index contributed by atoms with van der Waals surface area (Å²) in [6.45, 7) is 1.00. The Morgan fingerprint density at radius 2 is 1.88 bits per heavy atom. The predicted octanol–water partition coefficient (Wildman–Crippen LogP) is 2.83. The Hall–Kier alpha value is -2.25. The molecule has 132 valence electrons. The summed E-state index contributed by atoms with van der Waals surface area (Å²) in [5, 5.41) is 10.4. The molecule has 8 rings (SSSR count). The number of nitrogens with one attached hydrogen (secondary N) is 2. The van der Waals surface area contributed by atoms with Crippen molar-refractivity contribution in [2.24, 2.45) is 5.41 Å². The fraction of sp³-hybridized carbons (Fsp3) is 0.529. The fourth-order valence-electron chi connectivity index (χ4n) is 4.77. The van der Waals surface area contributed by atoms with E-state index in [9.17, 15) is 18.0 Å². The number of aromatic nitrogens is 2. The molecule has 2 N–H and O–H groups in total. The Balaban J connectivity index is 1.67. The monoisotopic (exact) mass is 350 g/mol. The molecule has 0 unspecified atom stereocenters. The van der Waals surface area contributed by atoms with Gasteiger partial charge in [0.1, 0.15) is 0 Å². The highest BCUT2D eigenvalue weighted by Gasteiger charge is 2.58. The molecule has 2 aromatic rings. The first-order chi connectivity index (χ1) is 11.8. The number of benzene rings is 1. The number of rotatable bonds is 1. The summed E-state index contributed by atoms with van der Waals surface area (Å²) in [4.78, 5) is 14.5. The van der Waals surface area contributed by atoms with E-state index in [4.69, 9.17) is 0 Å². The standard InChI is InChI=1S/C17H17F3N4O/c18-17(19,20)10-5-12-11(7-21-23-12)13(6-10)24-8-15-1-3-16(9-24,4-2-15)22-14(15)25/h5-7H,1-4,8-9H2,(H,21,23)(H,22,25). The second-order valence-corrected chi connectivity index (χ2v) is 7.70. The molecule has 1 aliphatic carbocycles. The van der Waals surface area contributed by atoms with Crippen molar-refractivity contribution >= 4 is 22.5 Å². The second kappa shape index (κ2) is 4.47. The molecule has 1 aromatic carbocycles. The summed E-state index contributed by atoms with van der Waals surface area (Å²) in [6.07, 6.45) is 0.531. The van der Waals surface area contributed by atoms with Gasteiger partial charge in [-0.3, -0.25) is 9.89 Å². The number of hydrogen-bond donors (Lipinski definition) is 2. The third kappa shape index (κ3) is 2.02. The third-order valence-electron chi connectivity index (χ3n) is 6.22. The smallest absolute Gasteiger partial charge is 0.367 e. The van der Waals surface area contributed by atoms with Crippen LogP contribution in [0.15, 0.2) is 18.3 Å². The zero-order valence-electron chi connectivity index (χ0n) is 13.4. The van der Waals surface area contributed by atoms with Crippen molar-refractivity contribution in [2.75, 3.05) is 18.0 Å². The molecule has 8 heteroatoms. The van der Waals surface area contributed by atoms with Crippen LogP contribution in [-0.4, -0.2) is 34.7 Å². The second-order valence-electron chi connectivity index (χ2n) is 7.70. The van der Waals surface area contributed by atoms with Gasteiger partial charge in [0.15, 0.2) is 0 Å². The van der Waals surface area contributed by atoms with E-state index in [2.05, 4.69) is 15.5 Å². The van der Waals surface area contributed by atoms with E-state index in [1.807, 2.05) is 4.90 Å². The average Bonchev–Trinajstić information content (AvgIpc) is 2.85. The van der Waals surface area contributed by atoms with Crippen molar-refractivity contribution in [3.05, 3.63) is 23.9 Å². The van der Waals surface area contributed by atoms with Gasteiger partial charge in [0, 0.05) is 24.2 Å². The molecule has 0 radical (unpaired) electrons. The number of halogens is 3. The topological polar surface area (TPSA) is 61.0 Å². The Morgan fingerprint density at radius 3 is 2.56 bits per heavy atom. The molecule has 5 aliphatic heterocycles. The first-order valence-electron chi connectivity index (χ1n) is 8.42. The number of alkyl halides is 3. The molecule has 2 bridgehead atoms. The van der Waals surface area contributed by atoms with E-state index in [-0.39, 0.29) is 11.4 Å². The summed E-state index contributed by atoms with van der Waals surface area (Å²) < 4.78 is 40.0. The van der Waals surface area contributed by atoms with Crippen LogP contribution in [0.5, 0.6) is 0 Å². The molecule has 6 aliphatic rings. The van der Waals surface area contributed by atoms with Gasteiger partial charge < -0.3 is 10.2 Å². The zero-order valence-corrected chi connectivity index (χ0v) is 13.4. The quantitative estimate of drug-likeness (QED) is 0.831. The lowest BCUT2D eigenvalue weighted by atomic mass is 9.64. The van der Waals surface area contributed by atoms with Crippen LogP contribution in [-0.2, 0) is 11.0 Å². The highest BCUT2D eigenvalue weighted by Crippen LogP contribution is 2.51. The van der Waals surface area contributed by atoms with Crippen molar-refractivity contribution in [1.82, 2.24) is 15.5 Å². The Morgan fingerprint density at radius 1 is 1.12 bits per heavy atom. The van der Waals surface area contributed by atoms with Gasteiger partial charge in [-0.2, -0.15) is 18.3 Å². The highest BCUT2D eigenvalue weighted by molar-refractivity contribution is 5.94. The number of amides is 1. The van der Waals surface area contributed by atoms with Crippen molar-refractivity contribution in [3.63, 3.8) is 0 Å². The number of aromatic amines is 1. The van der Waals surface area contributed by atoms with Gasteiger partial charge >= 0.3 is 6.18 Å². The Labute approximate surface area is 141 Å². The van der Waals surface area contributed by atoms with Crippen molar-refractivity contribution in [3.8, 4) is 0 Å². The number of hydrogen-bond acceptors (Lipinski definition) is 3. The minimum atomic E-state index is -4.43. The van der Waals surface area contributed by atoms with Crippen molar-refractivity contribution in [1.29, 1.82) is 0 Å². The maximum absolute atomic E-state index is 13.3. The summed E-state index contributed by atoms with van der Waals surface area (Å²) >= 11 is 0. The molecule has 0 spiro atoms. The van der Waals surface area contributed by atoms with Gasteiger partial charge in [-0.25, -0.2) is 0 Å². The van der Waals surface area contributed by atoms with Gasteiger partial charge in [-0.05, 0) is 37.8 Å². The molecule has 0 atom stereocenters. The first kappa shape index (κ1) is 15.0. The van der Waals surface area contributed by atoms with E-state index >= 15 is 0 Å². The number of fused-ring (bicyclic) bond motifs is 1. The minimum Gasteiger partial charge on any atom is -0.367 e. The number of carbonyl (C=O) groups is 1. The van der Waals surface area contributed by atoms with Crippen LogP contribution in [0, 0.1) is 5.41 Å². The van der Waals surface area contributed by atoms with E-state index in [0.29, 0.717) is 29.7 Å².